The summed E-state index contributed by atoms with van der Waals surface area (Å²) < 4.78 is 0. The lowest BCUT2D eigenvalue weighted by atomic mass is 9.99. The molecule has 0 bridgehead atoms. The second-order valence-electron chi connectivity index (χ2n) is 6.90. The molecule has 5 heteroatoms. The molecule has 0 saturated carbocycles. The van der Waals surface area contributed by atoms with Crippen molar-refractivity contribution in [2.45, 2.75) is 37.1 Å². The van der Waals surface area contributed by atoms with Crippen LogP contribution in [0.5, 0.6) is 0 Å². The summed E-state index contributed by atoms with van der Waals surface area (Å²) in [6.45, 7) is 3.47. The van der Waals surface area contributed by atoms with Gasteiger partial charge in [-0.2, -0.15) is 0 Å². The summed E-state index contributed by atoms with van der Waals surface area (Å²) in [6, 6.07) is 10.1. The first-order chi connectivity index (χ1) is 11.6. The van der Waals surface area contributed by atoms with Crippen molar-refractivity contribution in [2.75, 3.05) is 18.8 Å². The van der Waals surface area contributed by atoms with E-state index in [0.29, 0.717) is 13.0 Å². The minimum atomic E-state index is -0.276. The van der Waals surface area contributed by atoms with Gasteiger partial charge >= 0.3 is 0 Å². The van der Waals surface area contributed by atoms with E-state index >= 15 is 0 Å². The summed E-state index contributed by atoms with van der Waals surface area (Å²) >= 11 is 1.76. The zero-order chi connectivity index (χ0) is 16.7. The fourth-order valence-corrected chi connectivity index (χ4v) is 5.42. The monoisotopic (exact) mass is 342 g/mol. The van der Waals surface area contributed by atoms with Gasteiger partial charge in [-0.15, -0.1) is 11.8 Å². The Balaban J connectivity index is 1.47. The van der Waals surface area contributed by atoms with Crippen molar-refractivity contribution in [3.63, 3.8) is 0 Å². The molecule has 24 heavy (non-hydrogen) atoms. The van der Waals surface area contributed by atoms with Gasteiger partial charge in [0.15, 0.2) is 0 Å². The Labute approximate surface area is 146 Å². The third kappa shape index (κ3) is 2.55. The molecule has 0 spiro atoms. The molecular weight excluding hydrogens is 320 g/mol. The van der Waals surface area contributed by atoms with E-state index in [9.17, 15) is 9.59 Å². The van der Waals surface area contributed by atoms with Gasteiger partial charge in [-0.1, -0.05) is 36.4 Å². The highest BCUT2D eigenvalue weighted by molar-refractivity contribution is 8.01. The molecule has 2 amide bonds. The Morgan fingerprint density at radius 1 is 1.25 bits per heavy atom. The highest BCUT2D eigenvalue weighted by Crippen LogP contribution is 2.47. The number of fused-ring (bicyclic) bond motifs is 1. The largest absolute Gasteiger partial charge is 0.337 e. The lowest BCUT2D eigenvalue weighted by Crippen LogP contribution is -2.52. The maximum Gasteiger partial charge on any atom is 0.246 e. The highest BCUT2D eigenvalue weighted by Gasteiger charge is 2.53. The molecule has 3 aliphatic heterocycles. The van der Waals surface area contributed by atoms with E-state index in [-0.39, 0.29) is 22.7 Å². The second-order valence-corrected chi connectivity index (χ2v) is 8.40. The number of amides is 2. The molecule has 2 atom stereocenters. The maximum absolute atomic E-state index is 13.0. The van der Waals surface area contributed by atoms with E-state index in [1.165, 1.54) is 11.1 Å². The van der Waals surface area contributed by atoms with E-state index in [1.807, 2.05) is 28.0 Å². The lowest BCUT2D eigenvalue weighted by Gasteiger charge is -2.34. The molecule has 2 fully saturated rings. The van der Waals surface area contributed by atoms with Gasteiger partial charge < -0.3 is 9.80 Å². The Morgan fingerprint density at radius 3 is 2.75 bits per heavy atom. The number of carbonyl (C=O) groups excluding carboxylic acids is 2. The Hall–Kier alpha value is -1.75. The summed E-state index contributed by atoms with van der Waals surface area (Å²) in [6.07, 6.45) is 4.47. The molecule has 2 saturated heterocycles. The summed E-state index contributed by atoms with van der Waals surface area (Å²) in [5.41, 5.74) is 2.55. The average molecular weight is 342 g/mol. The van der Waals surface area contributed by atoms with Gasteiger partial charge in [0.2, 0.25) is 11.8 Å². The zero-order valence-electron chi connectivity index (χ0n) is 13.9. The molecule has 4 rings (SSSR count). The third-order valence-corrected chi connectivity index (χ3v) is 6.90. The minimum Gasteiger partial charge on any atom is -0.337 e. The number of hydrogen-bond donors (Lipinski definition) is 0. The lowest BCUT2D eigenvalue weighted by molar-refractivity contribution is -0.143. The van der Waals surface area contributed by atoms with E-state index < -0.39 is 0 Å². The molecule has 3 heterocycles. The van der Waals surface area contributed by atoms with Gasteiger partial charge in [0, 0.05) is 25.3 Å². The number of benzene rings is 1. The van der Waals surface area contributed by atoms with Crippen LogP contribution in [0.1, 0.15) is 31.7 Å². The van der Waals surface area contributed by atoms with Crippen molar-refractivity contribution in [2.24, 2.45) is 0 Å². The van der Waals surface area contributed by atoms with Gasteiger partial charge in [-0.3, -0.25) is 9.59 Å². The first-order valence-corrected chi connectivity index (χ1v) is 9.56. The van der Waals surface area contributed by atoms with Crippen molar-refractivity contribution in [1.82, 2.24) is 9.80 Å². The van der Waals surface area contributed by atoms with Crippen molar-refractivity contribution in [3.05, 3.63) is 42.0 Å². The van der Waals surface area contributed by atoms with Crippen LogP contribution >= 0.6 is 11.8 Å². The third-order valence-electron chi connectivity index (χ3n) is 5.40. The smallest absolute Gasteiger partial charge is 0.246 e. The molecule has 0 N–H and O–H groups in total. The van der Waals surface area contributed by atoms with Crippen LogP contribution in [0.15, 0.2) is 36.4 Å². The first kappa shape index (κ1) is 15.8. The number of hydrogen-bond acceptors (Lipinski definition) is 3. The van der Waals surface area contributed by atoms with Gasteiger partial charge in [-0.05, 0) is 30.9 Å². The number of nitrogens with zero attached hydrogens (tertiary/aromatic N) is 2. The van der Waals surface area contributed by atoms with Crippen molar-refractivity contribution in [3.8, 4) is 0 Å². The molecule has 4 nitrogen and oxygen atoms in total. The second kappa shape index (κ2) is 5.96. The van der Waals surface area contributed by atoms with Crippen LogP contribution in [0.25, 0.3) is 5.57 Å². The molecule has 0 aliphatic carbocycles. The van der Waals surface area contributed by atoms with Crippen LogP contribution in [-0.2, 0) is 9.59 Å². The topological polar surface area (TPSA) is 40.6 Å². The Morgan fingerprint density at radius 2 is 2.04 bits per heavy atom. The average Bonchev–Trinajstić information content (AvgIpc) is 3.11. The molecule has 126 valence electrons. The number of rotatable bonds is 2. The van der Waals surface area contributed by atoms with E-state index in [2.05, 4.69) is 25.1 Å². The van der Waals surface area contributed by atoms with Gasteiger partial charge in [-0.25, -0.2) is 0 Å². The molecule has 0 unspecified atom stereocenters. The molecule has 1 aromatic rings. The van der Waals surface area contributed by atoms with Crippen molar-refractivity contribution in [1.29, 1.82) is 0 Å². The summed E-state index contributed by atoms with van der Waals surface area (Å²) in [5, 5.41) is 0. The predicted molar refractivity (Wildman–Crippen MR) is 96.3 cm³/mol. The highest BCUT2D eigenvalue weighted by atomic mass is 32.2. The van der Waals surface area contributed by atoms with Crippen LogP contribution in [0.4, 0.5) is 0 Å². The van der Waals surface area contributed by atoms with Gasteiger partial charge in [0.25, 0.3) is 0 Å². The normalized spacial score (nSPS) is 29.6. The van der Waals surface area contributed by atoms with E-state index in [0.717, 1.165) is 25.1 Å². The fourth-order valence-electron chi connectivity index (χ4n) is 4.00. The van der Waals surface area contributed by atoms with Crippen LogP contribution < -0.4 is 0 Å². The standard InChI is InChI=1S/C19H22N2O2S/c1-19-10-7-17(22)21(19)16(13-24-19)18(23)20-11-8-15(9-12-20)14-5-3-2-4-6-14/h2-6,8,16H,7,9-13H2,1H3/t16-,19-/m1/s1. The first-order valence-electron chi connectivity index (χ1n) is 8.58. The Kier molecular flexibility index (Phi) is 3.91. The molecule has 1 aromatic carbocycles. The van der Waals surface area contributed by atoms with Gasteiger partial charge in [0.05, 0.1) is 4.87 Å². The zero-order valence-corrected chi connectivity index (χ0v) is 14.7. The summed E-state index contributed by atoms with van der Waals surface area (Å²) in [4.78, 5) is 28.8. The SMILES string of the molecule is C[C@@]12CCC(=O)N1[C@@H](C(=O)N1CC=C(c3ccccc3)CC1)CS2. The fraction of sp³-hybridized carbons (Fsp3) is 0.474. The number of thioether (sulfide) groups is 1. The molecule has 0 radical (unpaired) electrons. The van der Waals surface area contributed by atoms with E-state index in [4.69, 9.17) is 0 Å². The maximum atomic E-state index is 13.0. The predicted octanol–water partition coefficient (Wildman–Crippen LogP) is 2.76. The van der Waals surface area contributed by atoms with Gasteiger partial charge in [0.1, 0.15) is 6.04 Å². The summed E-state index contributed by atoms with van der Waals surface area (Å²) in [5.74, 6) is 0.982. The quantitative estimate of drug-likeness (QED) is 0.830. The van der Waals surface area contributed by atoms with Crippen LogP contribution in [0.3, 0.4) is 0 Å². The number of carbonyl (C=O) groups is 2. The van der Waals surface area contributed by atoms with Crippen LogP contribution in [0, 0.1) is 0 Å². The summed E-state index contributed by atoms with van der Waals surface area (Å²) in [7, 11) is 0. The molecule has 3 aliphatic rings. The Bertz CT molecular complexity index is 703. The van der Waals surface area contributed by atoms with Crippen LogP contribution in [0.2, 0.25) is 0 Å². The molecular formula is C19H22N2O2S. The van der Waals surface area contributed by atoms with Crippen LogP contribution in [-0.4, -0.2) is 51.4 Å². The van der Waals surface area contributed by atoms with Crippen molar-refractivity contribution < 1.29 is 9.59 Å². The van der Waals surface area contributed by atoms with Crippen molar-refractivity contribution >= 4 is 29.1 Å². The molecule has 0 aromatic heterocycles. The van der Waals surface area contributed by atoms with E-state index in [1.54, 1.807) is 11.8 Å². The minimum absolute atomic E-state index is 0.116.